The van der Waals surface area contributed by atoms with Crippen molar-refractivity contribution in [2.24, 2.45) is 0 Å². The van der Waals surface area contributed by atoms with E-state index >= 15 is 0 Å². The molecule has 0 saturated heterocycles. The lowest BCUT2D eigenvalue weighted by Gasteiger charge is -2.23. The zero-order valence-corrected chi connectivity index (χ0v) is 9.19. The fourth-order valence-electron chi connectivity index (χ4n) is 2.36. The second-order valence-electron chi connectivity index (χ2n) is 4.18. The second kappa shape index (κ2) is 4.35. The highest BCUT2D eigenvalue weighted by molar-refractivity contribution is 6.30. The average molecular weight is 208 g/mol. The highest BCUT2D eigenvalue weighted by Gasteiger charge is 2.17. The predicted octanol–water partition coefficient (Wildman–Crippen LogP) is 4.57. The van der Waals surface area contributed by atoms with E-state index in [0.29, 0.717) is 5.92 Å². The third kappa shape index (κ3) is 2.12. The monoisotopic (exact) mass is 207 g/mol. The molecule has 0 heterocycles. The SMILES string of the molecule is [CH2]c1ccc(Cl)cc1C1CCCCC1. The van der Waals surface area contributed by atoms with E-state index in [9.17, 15) is 0 Å². The Morgan fingerprint density at radius 2 is 1.86 bits per heavy atom. The van der Waals surface area contributed by atoms with E-state index in [1.54, 1.807) is 0 Å². The van der Waals surface area contributed by atoms with Crippen molar-refractivity contribution in [2.75, 3.05) is 0 Å². The van der Waals surface area contributed by atoms with Crippen LogP contribution in [0.1, 0.15) is 49.1 Å². The van der Waals surface area contributed by atoms with Gasteiger partial charge in [-0.25, -0.2) is 0 Å². The van der Waals surface area contributed by atoms with Crippen LogP contribution in [0.25, 0.3) is 0 Å². The Balaban J connectivity index is 2.24. The molecule has 1 aromatic rings. The highest BCUT2D eigenvalue weighted by atomic mass is 35.5. The molecule has 1 aromatic carbocycles. The van der Waals surface area contributed by atoms with Gasteiger partial charge >= 0.3 is 0 Å². The zero-order valence-electron chi connectivity index (χ0n) is 8.43. The van der Waals surface area contributed by atoms with E-state index in [-0.39, 0.29) is 0 Å². The number of halogens is 1. The van der Waals surface area contributed by atoms with E-state index in [1.165, 1.54) is 37.7 Å². The molecule has 0 spiro atoms. The molecule has 0 bridgehead atoms. The van der Waals surface area contributed by atoms with Crippen molar-refractivity contribution in [1.82, 2.24) is 0 Å². The normalized spacial score (nSPS) is 18.4. The van der Waals surface area contributed by atoms with Gasteiger partial charge in [0, 0.05) is 5.02 Å². The van der Waals surface area contributed by atoms with Gasteiger partial charge in [-0.05, 0) is 48.9 Å². The summed E-state index contributed by atoms with van der Waals surface area (Å²) in [5, 5.41) is 0.845. The summed E-state index contributed by atoms with van der Waals surface area (Å²) in [5.74, 6) is 0.704. The molecule has 14 heavy (non-hydrogen) atoms. The van der Waals surface area contributed by atoms with Crippen LogP contribution in [-0.4, -0.2) is 0 Å². The van der Waals surface area contributed by atoms with Crippen molar-refractivity contribution in [3.63, 3.8) is 0 Å². The molecule has 75 valence electrons. The topological polar surface area (TPSA) is 0 Å². The minimum absolute atomic E-state index is 0.704. The van der Waals surface area contributed by atoms with Gasteiger partial charge in [0.15, 0.2) is 0 Å². The highest BCUT2D eigenvalue weighted by Crippen LogP contribution is 2.35. The van der Waals surface area contributed by atoms with Crippen LogP contribution in [0, 0.1) is 6.92 Å². The molecule has 0 aromatic heterocycles. The summed E-state index contributed by atoms with van der Waals surface area (Å²) in [4.78, 5) is 0. The van der Waals surface area contributed by atoms with Crippen LogP contribution in [0.4, 0.5) is 0 Å². The maximum Gasteiger partial charge on any atom is 0.0409 e. The van der Waals surface area contributed by atoms with Gasteiger partial charge in [0.25, 0.3) is 0 Å². The van der Waals surface area contributed by atoms with Gasteiger partial charge in [0.2, 0.25) is 0 Å². The van der Waals surface area contributed by atoms with Crippen LogP contribution in [-0.2, 0) is 0 Å². The molecule has 0 atom stereocenters. The van der Waals surface area contributed by atoms with Crippen molar-refractivity contribution in [1.29, 1.82) is 0 Å². The fraction of sp³-hybridized carbons (Fsp3) is 0.462. The summed E-state index contributed by atoms with van der Waals surface area (Å²) >= 11 is 6.01. The minimum atomic E-state index is 0.704. The average Bonchev–Trinajstić information content (AvgIpc) is 2.23. The molecule has 2 rings (SSSR count). The number of benzene rings is 1. The van der Waals surface area contributed by atoms with Gasteiger partial charge in [-0.3, -0.25) is 0 Å². The van der Waals surface area contributed by atoms with E-state index in [0.717, 1.165) is 10.6 Å². The minimum Gasteiger partial charge on any atom is -0.0843 e. The van der Waals surface area contributed by atoms with Gasteiger partial charge in [-0.1, -0.05) is 36.9 Å². The third-order valence-corrected chi connectivity index (χ3v) is 3.39. The lowest BCUT2D eigenvalue weighted by molar-refractivity contribution is 0.443. The van der Waals surface area contributed by atoms with Gasteiger partial charge in [-0.15, -0.1) is 0 Å². The Labute approximate surface area is 91.3 Å². The van der Waals surface area contributed by atoms with Gasteiger partial charge in [0.05, 0.1) is 0 Å². The van der Waals surface area contributed by atoms with E-state index in [4.69, 9.17) is 11.6 Å². The third-order valence-electron chi connectivity index (χ3n) is 3.15. The Morgan fingerprint density at radius 3 is 2.57 bits per heavy atom. The van der Waals surface area contributed by atoms with Crippen molar-refractivity contribution in [3.8, 4) is 0 Å². The van der Waals surface area contributed by atoms with Gasteiger partial charge in [0.1, 0.15) is 0 Å². The molecule has 1 heteroatoms. The summed E-state index contributed by atoms with van der Waals surface area (Å²) in [5.41, 5.74) is 2.53. The quantitative estimate of drug-likeness (QED) is 0.633. The summed E-state index contributed by atoms with van der Waals surface area (Å²) in [7, 11) is 0. The first-order valence-electron chi connectivity index (χ1n) is 5.39. The molecule has 1 aliphatic carbocycles. The fourth-order valence-corrected chi connectivity index (χ4v) is 2.54. The van der Waals surface area contributed by atoms with Crippen molar-refractivity contribution < 1.29 is 0 Å². The first-order valence-corrected chi connectivity index (χ1v) is 5.76. The van der Waals surface area contributed by atoms with Crippen LogP contribution in [0.2, 0.25) is 5.02 Å². The Morgan fingerprint density at radius 1 is 1.14 bits per heavy atom. The van der Waals surface area contributed by atoms with E-state index in [1.807, 2.05) is 12.1 Å². The van der Waals surface area contributed by atoms with Crippen LogP contribution in [0.3, 0.4) is 0 Å². The standard InChI is InChI=1S/C13H16Cl/c1-10-7-8-12(14)9-13(10)11-5-3-2-4-6-11/h7-9,11H,1-6H2. The van der Waals surface area contributed by atoms with Gasteiger partial charge in [-0.2, -0.15) is 0 Å². The maximum atomic E-state index is 6.01. The molecular weight excluding hydrogens is 192 g/mol. The largest absolute Gasteiger partial charge is 0.0843 e. The molecule has 1 fully saturated rings. The summed E-state index contributed by atoms with van der Waals surface area (Å²) in [6.07, 6.45) is 6.72. The number of hydrogen-bond acceptors (Lipinski definition) is 0. The maximum absolute atomic E-state index is 6.01. The van der Waals surface area contributed by atoms with Crippen molar-refractivity contribution in [3.05, 3.63) is 41.3 Å². The molecule has 0 nitrogen and oxygen atoms in total. The first-order chi connectivity index (χ1) is 6.77. The van der Waals surface area contributed by atoms with Gasteiger partial charge < -0.3 is 0 Å². The van der Waals surface area contributed by atoms with Crippen molar-refractivity contribution >= 4 is 11.6 Å². The molecular formula is C13H16Cl. The number of rotatable bonds is 1. The Hall–Kier alpha value is -0.490. The second-order valence-corrected chi connectivity index (χ2v) is 4.61. The lowest BCUT2D eigenvalue weighted by atomic mass is 9.82. The van der Waals surface area contributed by atoms with Crippen molar-refractivity contribution in [2.45, 2.75) is 38.0 Å². The molecule has 0 unspecified atom stereocenters. The Kier molecular flexibility index (Phi) is 3.12. The summed E-state index contributed by atoms with van der Waals surface area (Å²) in [6, 6.07) is 6.06. The molecule has 1 radical (unpaired) electrons. The van der Waals surface area contributed by atoms with Crippen LogP contribution >= 0.6 is 11.6 Å². The number of hydrogen-bond donors (Lipinski definition) is 0. The van der Waals surface area contributed by atoms with E-state index < -0.39 is 0 Å². The van der Waals surface area contributed by atoms with Crippen LogP contribution in [0.15, 0.2) is 18.2 Å². The van der Waals surface area contributed by atoms with Crippen LogP contribution in [0.5, 0.6) is 0 Å². The molecule has 0 aliphatic heterocycles. The lowest BCUT2D eigenvalue weighted by Crippen LogP contribution is -2.05. The van der Waals surface area contributed by atoms with E-state index in [2.05, 4.69) is 13.0 Å². The summed E-state index contributed by atoms with van der Waals surface area (Å²) < 4.78 is 0. The molecule has 0 amide bonds. The first kappa shape index (κ1) is 10.0. The van der Waals surface area contributed by atoms with Crippen LogP contribution < -0.4 is 0 Å². The molecule has 1 saturated carbocycles. The molecule has 0 N–H and O–H groups in total. The zero-order chi connectivity index (χ0) is 9.97. The molecule has 1 aliphatic rings. The predicted molar refractivity (Wildman–Crippen MR) is 61.7 cm³/mol. The Bertz CT molecular complexity index is 311. The smallest absolute Gasteiger partial charge is 0.0409 e. The summed E-state index contributed by atoms with van der Waals surface area (Å²) in [6.45, 7) is 4.08.